The third-order valence-corrected chi connectivity index (χ3v) is 3.97. The maximum Gasteiger partial charge on any atom is 0.0164 e. The minimum Gasteiger partial charge on any atom is -0.325 e. The summed E-state index contributed by atoms with van der Waals surface area (Å²) in [6.07, 6.45) is 6.58. The molecule has 0 radical (unpaired) electrons. The third kappa shape index (κ3) is 1.76. The largest absolute Gasteiger partial charge is 0.325 e. The fourth-order valence-corrected chi connectivity index (χ4v) is 4.52. The highest BCUT2D eigenvalue weighted by Gasteiger charge is 2.47. The van der Waals surface area contributed by atoms with Crippen LogP contribution in [0.2, 0.25) is 0 Å². The zero-order valence-corrected chi connectivity index (χ0v) is 9.27. The van der Waals surface area contributed by atoms with Gasteiger partial charge in [-0.05, 0) is 49.4 Å². The second-order valence-electron chi connectivity index (χ2n) is 6.38. The van der Waals surface area contributed by atoms with Crippen molar-refractivity contribution in [1.29, 1.82) is 0 Å². The number of fused-ring (bicyclic) bond motifs is 2. The summed E-state index contributed by atoms with van der Waals surface area (Å²) in [6.45, 7) is 7.18. The molecule has 1 heteroatoms. The van der Waals surface area contributed by atoms with Crippen LogP contribution in [0, 0.1) is 17.3 Å². The molecule has 2 atom stereocenters. The van der Waals surface area contributed by atoms with Gasteiger partial charge in [-0.25, -0.2) is 0 Å². The second-order valence-corrected chi connectivity index (χ2v) is 6.38. The molecule has 2 aliphatic carbocycles. The highest BCUT2D eigenvalue weighted by molar-refractivity contribution is 5.03. The smallest absolute Gasteiger partial charge is 0.0164 e. The van der Waals surface area contributed by atoms with Crippen molar-refractivity contribution in [3.63, 3.8) is 0 Å². The Labute approximate surface area is 82.1 Å². The Morgan fingerprint density at radius 1 is 1.00 bits per heavy atom. The first-order valence-corrected chi connectivity index (χ1v) is 5.70. The first kappa shape index (κ1) is 9.51. The molecule has 0 aliphatic heterocycles. The van der Waals surface area contributed by atoms with Gasteiger partial charge in [-0.2, -0.15) is 0 Å². The normalized spacial score (nSPS) is 56.3. The van der Waals surface area contributed by atoms with Gasteiger partial charge in [0.05, 0.1) is 0 Å². The van der Waals surface area contributed by atoms with E-state index in [1.165, 1.54) is 32.1 Å². The van der Waals surface area contributed by atoms with Gasteiger partial charge < -0.3 is 5.73 Å². The van der Waals surface area contributed by atoms with Crippen molar-refractivity contribution in [3.8, 4) is 0 Å². The molecule has 2 N–H and O–H groups in total. The molecule has 0 spiro atoms. The van der Waals surface area contributed by atoms with Gasteiger partial charge in [-0.15, -0.1) is 0 Å². The lowest BCUT2D eigenvalue weighted by atomic mass is 9.55. The monoisotopic (exact) mass is 181 g/mol. The molecule has 0 unspecified atom stereocenters. The van der Waals surface area contributed by atoms with Gasteiger partial charge in [-0.3, -0.25) is 0 Å². The van der Waals surface area contributed by atoms with Crippen molar-refractivity contribution in [2.45, 2.75) is 58.4 Å². The van der Waals surface area contributed by atoms with Crippen LogP contribution in [0.4, 0.5) is 0 Å². The first-order chi connectivity index (χ1) is 5.91. The summed E-state index contributed by atoms with van der Waals surface area (Å²) in [5.41, 5.74) is 7.21. The van der Waals surface area contributed by atoms with Gasteiger partial charge in [0.25, 0.3) is 0 Å². The summed E-state index contributed by atoms with van der Waals surface area (Å²) in [5.74, 6) is 1.69. The highest BCUT2D eigenvalue weighted by Crippen LogP contribution is 2.53. The van der Waals surface area contributed by atoms with E-state index < -0.39 is 0 Å². The average Bonchev–Trinajstić information content (AvgIpc) is 1.75. The minimum atomic E-state index is 0.185. The van der Waals surface area contributed by atoms with Gasteiger partial charge in [0.15, 0.2) is 0 Å². The van der Waals surface area contributed by atoms with Gasteiger partial charge in [0, 0.05) is 5.54 Å². The summed E-state index contributed by atoms with van der Waals surface area (Å²) >= 11 is 0. The van der Waals surface area contributed by atoms with E-state index in [-0.39, 0.29) is 5.54 Å². The molecular formula is C12H23N. The predicted octanol–water partition coefficient (Wildman–Crippen LogP) is 2.94. The molecular weight excluding hydrogens is 158 g/mol. The molecule has 0 saturated heterocycles. The molecule has 0 aromatic rings. The van der Waals surface area contributed by atoms with Gasteiger partial charge in [0.1, 0.15) is 0 Å². The topological polar surface area (TPSA) is 26.0 Å². The van der Waals surface area contributed by atoms with E-state index in [0.29, 0.717) is 5.41 Å². The van der Waals surface area contributed by atoms with Crippen LogP contribution in [0.15, 0.2) is 0 Å². The van der Waals surface area contributed by atoms with E-state index >= 15 is 0 Å². The lowest BCUT2D eigenvalue weighted by Crippen LogP contribution is -2.54. The molecule has 1 nitrogen and oxygen atoms in total. The Hall–Kier alpha value is -0.0400. The fourth-order valence-electron chi connectivity index (χ4n) is 4.52. The Kier molecular flexibility index (Phi) is 1.99. The zero-order valence-electron chi connectivity index (χ0n) is 9.27. The number of rotatable bonds is 0. The molecule has 2 fully saturated rings. The maximum absolute atomic E-state index is 6.47. The van der Waals surface area contributed by atoms with Crippen LogP contribution in [0.1, 0.15) is 52.9 Å². The Bertz CT molecular complexity index is 175. The van der Waals surface area contributed by atoms with Crippen molar-refractivity contribution < 1.29 is 0 Å². The molecule has 2 aliphatic rings. The number of hydrogen-bond donors (Lipinski definition) is 1. The molecule has 0 aromatic heterocycles. The Morgan fingerprint density at radius 3 is 1.85 bits per heavy atom. The summed E-state index contributed by atoms with van der Waals surface area (Å²) in [7, 11) is 0. The van der Waals surface area contributed by atoms with Gasteiger partial charge >= 0.3 is 0 Å². The predicted molar refractivity (Wildman–Crippen MR) is 56.4 cm³/mol. The van der Waals surface area contributed by atoms with E-state index in [1.54, 1.807) is 0 Å². The standard InChI is InChI=1S/C12H23N/c1-9-4-11(3)5-10(2)7-12(13,6-9)8-11/h9-10H,4-8,13H2,1-3H3/t9-,10-,11?,12?/m1/s1. The molecule has 2 saturated carbocycles. The number of hydrogen-bond acceptors (Lipinski definition) is 1. The fraction of sp³-hybridized carbons (Fsp3) is 1.00. The molecule has 0 heterocycles. The molecule has 76 valence electrons. The summed E-state index contributed by atoms with van der Waals surface area (Å²) in [4.78, 5) is 0. The van der Waals surface area contributed by atoms with E-state index in [4.69, 9.17) is 5.73 Å². The summed E-state index contributed by atoms with van der Waals surface area (Å²) < 4.78 is 0. The molecule has 0 amide bonds. The molecule has 2 rings (SSSR count). The van der Waals surface area contributed by atoms with Crippen molar-refractivity contribution in [1.82, 2.24) is 0 Å². The summed E-state index contributed by atoms with van der Waals surface area (Å²) in [5, 5.41) is 0. The van der Waals surface area contributed by atoms with Crippen LogP contribution in [-0.4, -0.2) is 5.54 Å². The van der Waals surface area contributed by atoms with E-state index in [1.807, 2.05) is 0 Å². The van der Waals surface area contributed by atoms with Crippen molar-refractivity contribution in [3.05, 3.63) is 0 Å². The molecule has 2 bridgehead atoms. The second kappa shape index (κ2) is 2.73. The van der Waals surface area contributed by atoms with Crippen molar-refractivity contribution in [2.24, 2.45) is 23.0 Å². The van der Waals surface area contributed by atoms with E-state index in [9.17, 15) is 0 Å². The van der Waals surface area contributed by atoms with Crippen LogP contribution in [0.3, 0.4) is 0 Å². The van der Waals surface area contributed by atoms with E-state index in [2.05, 4.69) is 20.8 Å². The van der Waals surface area contributed by atoms with Crippen LogP contribution < -0.4 is 5.73 Å². The number of nitrogens with two attached hydrogens (primary N) is 1. The maximum atomic E-state index is 6.47. The van der Waals surface area contributed by atoms with Crippen LogP contribution >= 0.6 is 0 Å². The van der Waals surface area contributed by atoms with E-state index in [0.717, 1.165) is 11.8 Å². The minimum absolute atomic E-state index is 0.185. The van der Waals surface area contributed by atoms with Gasteiger partial charge in [-0.1, -0.05) is 20.8 Å². The quantitative estimate of drug-likeness (QED) is 0.611. The van der Waals surface area contributed by atoms with Crippen molar-refractivity contribution >= 4 is 0 Å². The molecule has 0 aromatic carbocycles. The Morgan fingerprint density at radius 2 is 1.46 bits per heavy atom. The SMILES string of the molecule is C[C@@H]1CC2(C)C[C@@H](C)CC(N)(C1)C2. The Balaban J connectivity index is 2.22. The average molecular weight is 181 g/mol. The van der Waals surface area contributed by atoms with Crippen LogP contribution in [0.5, 0.6) is 0 Å². The van der Waals surface area contributed by atoms with Crippen LogP contribution in [-0.2, 0) is 0 Å². The zero-order chi connectivity index (χ0) is 9.69. The lowest BCUT2D eigenvalue weighted by Gasteiger charge is -2.53. The highest BCUT2D eigenvalue weighted by atomic mass is 14.8. The van der Waals surface area contributed by atoms with Crippen molar-refractivity contribution in [2.75, 3.05) is 0 Å². The first-order valence-electron chi connectivity index (χ1n) is 5.70. The van der Waals surface area contributed by atoms with Gasteiger partial charge in [0.2, 0.25) is 0 Å². The van der Waals surface area contributed by atoms with Crippen LogP contribution in [0.25, 0.3) is 0 Å². The third-order valence-electron chi connectivity index (χ3n) is 3.97. The lowest BCUT2D eigenvalue weighted by molar-refractivity contribution is 0.0137. The molecule has 13 heavy (non-hydrogen) atoms. The summed E-state index contributed by atoms with van der Waals surface area (Å²) in [6, 6.07) is 0.